The van der Waals surface area contributed by atoms with Crippen LogP contribution in [0.15, 0.2) is 18.2 Å². The molecule has 0 saturated carbocycles. The average molecular weight is 344 g/mol. The summed E-state index contributed by atoms with van der Waals surface area (Å²) in [6, 6.07) is 8.01. The van der Waals surface area contributed by atoms with Gasteiger partial charge in [-0.3, -0.25) is 4.90 Å². The van der Waals surface area contributed by atoms with Gasteiger partial charge in [0.1, 0.15) is 5.75 Å². The van der Waals surface area contributed by atoms with E-state index >= 15 is 0 Å². The predicted octanol–water partition coefficient (Wildman–Crippen LogP) is 1.18. The fourth-order valence-corrected chi connectivity index (χ4v) is 3.73. The Bertz CT molecular complexity index is 673. The van der Waals surface area contributed by atoms with Gasteiger partial charge in [0.15, 0.2) is 0 Å². The van der Waals surface area contributed by atoms with Gasteiger partial charge in [0.05, 0.1) is 37.4 Å². The van der Waals surface area contributed by atoms with E-state index in [0.717, 1.165) is 30.8 Å². The Morgan fingerprint density at radius 2 is 2.24 bits per heavy atom. The van der Waals surface area contributed by atoms with Gasteiger partial charge in [0, 0.05) is 38.9 Å². The van der Waals surface area contributed by atoms with Crippen LogP contribution in [0.3, 0.4) is 0 Å². The van der Waals surface area contributed by atoms with Gasteiger partial charge in [0.25, 0.3) is 0 Å². The second kappa shape index (κ2) is 7.72. The largest absolute Gasteiger partial charge is 0.496 e. The van der Waals surface area contributed by atoms with Crippen molar-refractivity contribution in [1.82, 2.24) is 15.1 Å². The number of nitriles is 1. The molecule has 1 aromatic carbocycles. The number of carbonyl (C=O) groups excluding carboxylic acids is 1. The van der Waals surface area contributed by atoms with E-state index < -0.39 is 0 Å². The summed E-state index contributed by atoms with van der Waals surface area (Å²) >= 11 is 0. The third kappa shape index (κ3) is 3.70. The SMILES string of the molecule is COCCN1C(=O)N[C@@H]2CN(Cc3cc(C#N)ccc3OC)CC[C@@H]21. The number of piperidine rings is 1. The zero-order valence-electron chi connectivity index (χ0n) is 14.7. The maximum atomic E-state index is 12.2. The summed E-state index contributed by atoms with van der Waals surface area (Å²) in [4.78, 5) is 16.4. The maximum Gasteiger partial charge on any atom is 0.318 e. The number of nitrogens with one attached hydrogen (secondary N) is 1. The molecule has 2 aliphatic rings. The van der Waals surface area contributed by atoms with Gasteiger partial charge in [-0.1, -0.05) is 0 Å². The summed E-state index contributed by atoms with van der Waals surface area (Å²) in [6.07, 6.45) is 0.924. The molecule has 0 bridgehead atoms. The van der Waals surface area contributed by atoms with Crippen LogP contribution in [-0.2, 0) is 11.3 Å². The molecule has 2 fully saturated rings. The molecule has 7 heteroatoms. The van der Waals surface area contributed by atoms with Gasteiger partial charge in [0.2, 0.25) is 0 Å². The molecule has 0 unspecified atom stereocenters. The first kappa shape index (κ1) is 17.5. The molecule has 2 aliphatic heterocycles. The molecular formula is C18H24N4O3. The van der Waals surface area contributed by atoms with E-state index in [1.165, 1.54) is 0 Å². The van der Waals surface area contributed by atoms with Gasteiger partial charge in [-0.05, 0) is 24.6 Å². The van der Waals surface area contributed by atoms with E-state index in [-0.39, 0.29) is 18.1 Å². The lowest BCUT2D eigenvalue weighted by Crippen LogP contribution is -2.51. The summed E-state index contributed by atoms with van der Waals surface area (Å²) < 4.78 is 10.5. The molecule has 2 amide bonds. The highest BCUT2D eigenvalue weighted by Crippen LogP contribution is 2.26. The third-order valence-corrected chi connectivity index (χ3v) is 4.97. The zero-order chi connectivity index (χ0) is 17.8. The molecule has 1 aromatic rings. The molecule has 0 aliphatic carbocycles. The van der Waals surface area contributed by atoms with Crippen LogP contribution in [0.2, 0.25) is 0 Å². The number of ether oxygens (including phenoxy) is 2. The Balaban J connectivity index is 1.66. The van der Waals surface area contributed by atoms with Crippen LogP contribution in [0.25, 0.3) is 0 Å². The van der Waals surface area contributed by atoms with E-state index in [0.29, 0.717) is 25.3 Å². The second-order valence-electron chi connectivity index (χ2n) is 6.47. The van der Waals surface area contributed by atoms with Crippen molar-refractivity contribution in [3.05, 3.63) is 29.3 Å². The van der Waals surface area contributed by atoms with Crippen LogP contribution >= 0.6 is 0 Å². The molecule has 7 nitrogen and oxygen atoms in total. The lowest BCUT2D eigenvalue weighted by atomic mass is 9.99. The number of carbonyl (C=O) groups is 1. The molecule has 2 atom stereocenters. The Hall–Kier alpha value is -2.30. The highest BCUT2D eigenvalue weighted by molar-refractivity contribution is 5.77. The van der Waals surface area contributed by atoms with Crippen LogP contribution < -0.4 is 10.1 Å². The van der Waals surface area contributed by atoms with Crippen molar-refractivity contribution in [1.29, 1.82) is 5.26 Å². The molecular weight excluding hydrogens is 320 g/mol. The molecule has 2 saturated heterocycles. The molecule has 134 valence electrons. The number of hydrogen-bond acceptors (Lipinski definition) is 5. The molecule has 2 heterocycles. The van der Waals surface area contributed by atoms with E-state index in [2.05, 4.69) is 16.3 Å². The Morgan fingerprint density at radius 1 is 1.40 bits per heavy atom. The van der Waals surface area contributed by atoms with E-state index in [9.17, 15) is 4.79 Å². The monoisotopic (exact) mass is 344 g/mol. The highest BCUT2D eigenvalue weighted by Gasteiger charge is 2.42. The first-order chi connectivity index (χ1) is 12.2. The molecule has 0 spiro atoms. The number of benzene rings is 1. The fourth-order valence-electron chi connectivity index (χ4n) is 3.73. The van der Waals surface area contributed by atoms with Crippen LogP contribution in [0.1, 0.15) is 17.5 Å². The fraction of sp³-hybridized carbons (Fsp3) is 0.556. The first-order valence-electron chi connectivity index (χ1n) is 8.51. The molecule has 25 heavy (non-hydrogen) atoms. The van der Waals surface area contributed by atoms with Crippen molar-refractivity contribution in [3.63, 3.8) is 0 Å². The number of fused-ring (bicyclic) bond motifs is 1. The second-order valence-corrected chi connectivity index (χ2v) is 6.47. The topological polar surface area (TPSA) is 77.8 Å². The van der Waals surface area contributed by atoms with Crippen LogP contribution in [0, 0.1) is 11.3 Å². The normalized spacial score (nSPS) is 23.1. The molecule has 1 N–H and O–H groups in total. The maximum absolute atomic E-state index is 12.2. The number of hydrogen-bond donors (Lipinski definition) is 1. The average Bonchev–Trinajstić information content (AvgIpc) is 2.94. The van der Waals surface area contributed by atoms with Crippen LogP contribution in [0.5, 0.6) is 5.75 Å². The number of nitrogens with zero attached hydrogens (tertiary/aromatic N) is 3. The summed E-state index contributed by atoms with van der Waals surface area (Å²) in [5.41, 5.74) is 1.63. The number of methoxy groups -OCH3 is 2. The van der Waals surface area contributed by atoms with Gasteiger partial charge in [-0.25, -0.2) is 4.79 Å². The Labute approximate surface area is 148 Å². The van der Waals surface area contributed by atoms with Crippen molar-refractivity contribution < 1.29 is 14.3 Å². The summed E-state index contributed by atoms with van der Waals surface area (Å²) in [5, 5.41) is 12.2. The Morgan fingerprint density at radius 3 is 2.96 bits per heavy atom. The Kier molecular flexibility index (Phi) is 5.41. The smallest absolute Gasteiger partial charge is 0.318 e. The number of urea groups is 1. The standard InChI is InChI=1S/C18H24N4O3/c1-24-8-7-22-16-5-6-21(12-15(16)20-18(22)23)11-14-9-13(10-19)3-4-17(14)25-2/h3-4,9,15-16H,5-8,11-12H2,1-2H3,(H,20,23)/t15-,16+/m1/s1. The van der Waals surface area contributed by atoms with Gasteiger partial charge in [-0.2, -0.15) is 5.26 Å². The van der Waals surface area contributed by atoms with Gasteiger partial charge in [-0.15, -0.1) is 0 Å². The minimum absolute atomic E-state index is 0.00189. The van der Waals surface area contributed by atoms with Crippen molar-refractivity contribution in [3.8, 4) is 11.8 Å². The van der Waals surface area contributed by atoms with E-state index in [1.807, 2.05) is 17.0 Å². The van der Waals surface area contributed by atoms with Gasteiger partial charge >= 0.3 is 6.03 Å². The zero-order valence-corrected chi connectivity index (χ0v) is 14.7. The van der Waals surface area contributed by atoms with Gasteiger partial charge < -0.3 is 19.7 Å². The highest BCUT2D eigenvalue weighted by atomic mass is 16.5. The number of amides is 2. The first-order valence-corrected chi connectivity index (χ1v) is 8.51. The minimum atomic E-state index is -0.00189. The quantitative estimate of drug-likeness (QED) is 0.838. The molecule has 0 aromatic heterocycles. The lowest BCUT2D eigenvalue weighted by molar-refractivity contribution is 0.111. The van der Waals surface area contributed by atoms with Crippen molar-refractivity contribution in [2.45, 2.75) is 25.0 Å². The van der Waals surface area contributed by atoms with E-state index in [4.69, 9.17) is 14.7 Å². The summed E-state index contributed by atoms with van der Waals surface area (Å²) in [5.74, 6) is 0.790. The number of rotatable bonds is 6. The van der Waals surface area contributed by atoms with Crippen molar-refractivity contribution in [2.24, 2.45) is 0 Å². The van der Waals surface area contributed by atoms with E-state index in [1.54, 1.807) is 20.3 Å². The minimum Gasteiger partial charge on any atom is -0.496 e. The molecule has 3 rings (SSSR count). The van der Waals surface area contributed by atoms with Crippen molar-refractivity contribution in [2.75, 3.05) is 40.5 Å². The van der Waals surface area contributed by atoms with Crippen LogP contribution in [0.4, 0.5) is 4.79 Å². The third-order valence-electron chi connectivity index (χ3n) is 4.97. The predicted molar refractivity (Wildman–Crippen MR) is 92.3 cm³/mol. The summed E-state index contributed by atoms with van der Waals surface area (Å²) in [7, 11) is 3.29. The summed E-state index contributed by atoms with van der Waals surface area (Å²) in [6.45, 7) is 3.58. The van der Waals surface area contributed by atoms with Crippen molar-refractivity contribution >= 4 is 6.03 Å². The molecule has 0 radical (unpaired) electrons. The van der Waals surface area contributed by atoms with Crippen LogP contribution in [-0.4, -0.2) is 68.4 Å². The number of likely N-dealkylation sites (tertiary alicyclic amines) is 1. The lowest BCUT2D eigenvalue weighted by Gasteiger charge is -2.36.